The molecule has 0 unspecified atom stereocenters. The molecule has 0 aliphatic heterocycles. The molecule has 3 heterocycles. The van der Waals surface area contributed by atoms with E-state index in [4.69, 9.17) is 11.6 Å². The Morgan fingerprint density at radius 3 is 3.00 bits per heavy atom. The topological polar surface area (TPSA) is 75.9 Å². The lowest BCUT2D eigenvalue weighted by Crippen LogP contribution is -2.07. The third-order valence-electron chi connectivity index (χ3n) is 2.58. The van der Waals surface area contributed by atoms with Gasteiger partial charge in [-0.05, 0) is 6.92 Å². The molecule has 7 heteroatoms. The molecule has 0 saturated heterocycles. The molecule has 0 aromatic carbocycles. The van der Waals surface area contributed by atoms with Crippen molar-refractivity contribution in [1.82, 2.24) is 24.6 Å². The van der Waals surface area contributed by atoms with Crippen molar-refractivity contribution in [3.63, 3.8) is 0 Å². The average Bonchev–Trinajstić information content (AvgIpc) is 2.74. The zero-order valence-electron chi connectivity index (χ0n) is 9.38. The SMILES string of the molecule is Cc1cc(=O)c(-c2nnc3c(Cl)nccn23)c[nH]1. The highest BCUT2D eigenvalue weighted by Crippen LogP contribution is 2.17. The molecule has 3 rings (SSSR count). The monoisotopic (exact) mass is 261 g/mol. The van der Waals surface area contributed by atoms with Crippen LogP contribution in [0.1, 0.15) is 5.69 Å². The minimum Gasteiger partial charge on any atom is -0.364 e. The maximum Gasteiger partial charge on any atom is 0.198 e. The lowest BCUT2D eigenvalue weighted by molar-refractivity contribution is 1.09. The predicted octanol–water partition coefficient (Wildman–Crippen LogP) is 1.44. The van der Waals surface area contributed by atoms with E-state index in [2.05, 4.69) is 20.2 Å². The van der Waals surface area contributed by atoms with E-state index >= 15 is 0 Å². The molecule has 0 aliphatic rings. The molecule has 0 aliphatic carbocycles. The lowest BCUT2D eigenvalue weighted by atomic mass is 10.2. The molecule has 3 aromatic rings. The quantitative estimate of drug-likeness (QED) is 0.719. The van der Waals surface area contributed by atoms with Crippen LogP contribution < -0.4 is 5.43 Å². The van der Waals surface area contributed by atoms with Gasteiger partial charge in [0.2, 0.25) is 0 Å². The first kappa shape index (κ1) is 10.9. The third-order valence-corrected chi connectivity index (χ3v) is 2.85. The van der Waals surface area contributed by atoms with Crippen LogP contribution >= 0.6 is 11.6 Å². The van der Waals surface area contributed by atoms with E-state index in [9.17, 15) is 4.79 Å². The van der Waals surface area contributed by atoms with Crippen molar-refractivity contribution in [1.29, 1.82) is 0 Å². The Kier molecular flexibility index (Phi) is 2.38. The van der Waals surface area contributed by atoms with Gasteiger partial charge in [-0.2, -0.15) is 0 Å². The van der Waals surface area contributed by atoms with E-state index in [0.29, 0.717) is 17.0 Å². The number of halogens is 1. The van der Waals surface area contributed by atoms with Gasteiger partial charge < -0.3 is 4.98 Å². The summed E-state index contributed by atoms with van der Waals surface area (Å²) in [5.74, 6) is 0.440. The van der Waals surface area contributed by atoms with Gasteiger partial charge in [-0.3, -0.25) is 9.20 Å². The summed E-state index contributed by atoms with van der Waals surface area (Å²) >= 11 is 5.90. The molecular formula is C11H8ClN5O. The first-order valence-corrected chi connectivity index (χ1v) is 5.59. The summed E-state index contributed by atoms with van der Waals surface area (Å²) in [5, 5.41) is 8.16. The van der Waals surface area contributed by atoms with Crippen LogP contribution in [0.3, 0.4) is 0 Å². The highest BCUT2D eigenvalue weighted by Gasteiger charge is 2.13. The smallest absolute Gasteiger partial charge is 0.198 e. The summed E-state index contributed by atoms with van der Waals surface area (Å²) in [5.41, 5.74) is 1.54. The minimum absolute atomic E-state index is 0.117. The maximum absolute atomic E-state index is 11.9. The minimum atomic E-state index is -0.117. The van der Waals surface area contributed by atoms with Crippen molar-refractivity contribution in [3.05, 3.63) is 45.7 Å². The molecule has 0 spiro atoms. The predicted molar refractivity (Wildman–Crippen MR) is 66.6 cm³/mol. The van der Waals surface area contributed by atoms with Crippen LogP contribution in [0.2, 0.25) is 5.15 Å². The van der Waals surface area contributed by atoms with E-state index in [1.54, 1.807) is 16.8 Å². The van der Waals surface area contributed by atoms with E-state index in [0.717, 1.165) is 5.69 Å². The van der Waals surface area contributed by atoms with Gasteiger partial charge in [0.25, 0.3) is 0 Å². The number of fused-ring (bicyclic) bond motifs is 1. The number of hydrogen-bond acceptors (Lipinski definition) is 4. The van der Waals surface area contributed by atoms with Crippen LogP contribution in [-0.2, 0) is 0 Å². The largest absolute Gasteiger partial charge is 0.364 e. The van der Waals surface area contributed by atoms with Crippen LogP contribution in [-0.4, -0.2) is 24.6 Å². The van der Waals surface area contributed by atoms with Crippen LogP contribution in [0.4, 0.5) is 0 Å². The van der Waals surface area contributed by atoms with E-state index in [1.165, 1.54) is 12.3 Å². The molecule has 3 aromatic heterocycles. The molecule has 0 amide bonds. The maximum atomic E-state index is 11.9. The zero-order valence-corrected chi connectivity index (χ0v) is 10.1. The number of aryl methyl sites for hydroxylation is 1. The molecule has 1 N–H and O–H groups in total. The second-order valence-electron chi connectivity index (χ2n) is 3.83. The van der Waals surface area contributed by atoms with Crippen LogP contribution in [0, 0.1) is 6.92 Å². The van der Waals surface area contributed by atoms with Crippen molar-refractivity contribution in [3.8, 4) is 11.4 Å². The standard InChI is InChI=1S/C11H8ClN5O/c1-6-4-8(18)7(5-14-6)10-15-16-11-9(12)13-2-3-17(10)11/h2-5H,1H3,(H,14,18). The Morgan fingerprint density at radius 1 is 1.39 bits per heavy atom. The van der Waals surface area contributed by atoms with E-state index in [-0.39, 0.29) is 10.6 Å². The van der Waals surface area contributed by atoms with Crippen LogP contribution in [0.25, 0.3) is 17.0 Å². The Morgan fingerprint density at radius 2 is 2.22 bits per heavy atom. The fourth-order valence-corrected chi connectivity index (χ4v) is 1.91. The number of nitrogens with one attached hydrogen (secondary N) is 1. The van der Waals surface area contributed by atoms with Gasteiger partial charge in [0, 0.05) is 30.4 Å². The summed E-state index contributed by atoms with van der Waals surface area (Å²) in [7, 11) is 0. The Labute approximate surface area is 106 Å². The fraction of sp³-hybridized carbons (Fsp3) is 0.0909. The summed E-state index contributed by atoms with van der Waals surface area (Å²) in [6.45, 7) is 1.81. The number of hydrogen-bond donors (Lipinski definition) is 1. The van der Waals surface area contributed by atoms with E-state index in [1.807, 2.05) is 6.92 Å². The van der Waals surface area contributed by atoms with Gasteiger partial charge in [0.1, 0.15) is 0 Å². The van der Waals surface area contributed by atoms with Crippen molar-refractivity contribution in [2.45, 2.75) is 6.92 Å². The molecule has 0 atom stereocenters. The highest BCUT2D eigenvalue weighted by atomic mass is 35.5. The Bertz CT molecular complexity index is 791. The van der Waals surface area contributed by atoms with Gasteiger partial charge in [0.15, 0.2) is 22.1 Å². The molecule has 6 nitrogen and oxygen atoms in total. The summed E-state index contributed by atoms with van der Waals surface area (Å²) in [6, 6.07) is 1.51. The van der Waals surface area contributed by atoms with Crippen molar-refractivity contribution >= 4 is 17.2 Å². The molecule has 18 heavy (non-hydrogen) atoms. The van der Waals surface area contributed by atoms with Crippen molar-refractivity contribution in [2.75, 3.05) is 0 Å². The van der Waals surface area contributed by atoms with E-state index < -0.39 is 0 Å². The third kappa shape index (κ3) is 1.58. The summed E-state index contributed by atoms with van der Waals surface area (Å²) < 4.78 is 1.63. The lowest BCUT2D eigenvalue weighted by Gasteiger charge is -2.00. The number of nitrogens with zero attached hydrogens (tertiary/aromatic N) is 4. The van der Waals surface area contributed by atoms with Gasteiger partial charge in [-0.1, -0.05) is 11.6 Å². The second kappa shape index (κ2) is 3.92. The molecule has 0 saturated carbocycles. The van der Waals surface area contributed by atoms with Gasteiger partial charge in [0.05, 0.1) is 5.56 Å². The summed E-state index contributed by atoms with van der Waals surface area (Å²) in [4.78, 5) is 18.8. The molecule has 90 valence electrons. The molecule has 0 fully saturated rings. The highest BCUT2D eigenvalue weighted by molar-refractivity contribution is 6.32. The molecule has 0 radical (unpaired) electrons. The molecule has 0 bridgehead atoms. The fourth-order valence-electron chi connectivity index (χ4n) is 1.73. The number of aromatic amines is 1. The van der Waals surface area contributed by atoms with Crippen LogP contribution in [0.5, 0.6) is 0 Å². The second-order valence-corrected chi connectivity index (χ2v) is 4.19. The average molecular weight is 262 g/mol. The number of aromatic nitrogens is 5. The molecular weight excluding hydrogens is 254 g/mol. The number of H-pyrrole nitrogens is 1. The zero-order chi connectivity index (χ0) is 12.7. The van der Waals surface area contributed by atoms with Gasteiger partial charge >= 0.3 is 0 Å². The van der Waals surface area contributed by atoms with Gasteiger partial charge in [-0.15, -0.1) is 10.2 Å². The first-order chi connectivity index (χ1) is 8.66. The van der Waals surface area contributed by atoms with Crippen LogP contribution in [0.15, 0.2) is 29.5 Å². The van der Waals surface area contributed by atoms with Crippen molar-refractivity contribution < 1.29 is 0 Å². The Balaban J connectivity index is 2.33. The first-order valence-electron chi connectivity index (χ1n) is 5.22. The number of rotatable bonds is 1. The normalized spacial score (nSPS) is 11.0. The summed E-state index contributed by atoms with van der Waals surface area (Å²) in [6.07, 6.45) is 4.81. The number of pyridine rings is 1. The Hall–Kier alpha value is -2.21. The van der Waals surface area contributed by atoms with Crippen molar-refractivity contribution in [2.24, 2.45) is 0 Å². The van der Waals surface area contributed by atoms with Gasteiger partial charge in [-0.25, -0.2) is 4.98 Å².